The highest BCUT2D eigenvalue weighted by molar-refractivity contribution is 5.89. The van der Waals surface area contributed by atoms with Crippen molar-refractivity contribution >= 4 is 23.2 Å². The van der Waals surface area contributed by atoms with E-state index in [1.54, 1.807) is 13.0 Å². The van der Waals surface area contributed by atoms with Crippen molar-refractivity contribution in [1.29, 1.82) is 0 Å². The lowest BCUT2D eigenvalue weighted by Crippen LogP contribution is -2.04. The van der Waals surface area contributed by atoms with E-state index in [4.69, 9.17) is 5.11 Å². The predicted molar refractivity (Wildman–Crippen MR) is 72.3 cm³/mol. The summed E-state index contributed by atoms with van der Waals surface area (Å²) in [5.41, 5.74) is 0.105. The number of benzene rings is 1. The van der Waals surface area contributed by atoms with Crippen molar-refractivity contribution in [2.24, 2.45) is 0 Å². The second-order valence-electron chi connectivity index (χ2n) is 4.30. The van der Waals surface area contributed by atoms with Gasteiger partial charge in [0.2, 0.25) is 5.82 Å². The van der Waals surface area contributed by atoms with Crippen LogP contribution in [0.5, 0.6) is 0 Å². The Kier molecular flexibility index (Phi) is 3.79. The molecule has 1 heterocycles. The van der Waals surface area contributed by atoms with E-state index in [2.05, 4.69) is 10.3 Å². The largest absolute Gasteiger partial charge is 0.478 e. The molecule has 0 spiro atoms. The number of carboxylic acid groups (broad SMARTS) is 1. The van der Waals surface area contributed by atoms with Crippen LogP contribution in [0.4, 0.5) is 21.6 Å². The van der Waals surface area contributed by atoms with E-state index in [1.807, 2.05) is 0 Å². The fourth-order valence-corrected chi connectivity index (χ4v) is 1.75. The second-order valence-corrected chi connectivity index (χ2v) is 4.30. The highest BCUT2D eigenvalue weighted by atomic mass is 19.1. The molecule has 0 radical (unpaired) electrons. The van der Waals surface area contributed by atoms with Crippen LogP contribution in [0.25, 0.3) is 0 Å². The Bertz CT molecular complexity index is 713. The first kappa shape index (κ1) is 14.4. The van der Waals surface area contributed by atoms with E-state index in [0.717, 1.165) is 18.3 Å². The Balaban J connectivity index is 2.43. The zero-order chi connectivity index (χ0) is 15.6. The van der Waals surface area contributed by atoms with Crippen LogP contribution in [0.15, 0.2) is 30.5 Å². The van der Waals surface area contributed by atoms with Crippen LogP contribution in [0.1, 0.15) is 15.9 Å². The van der Waals surface area contributed by atoms with Gasteiger partial charge in [-0.25, -0.2) is 14.2 Å². The van der Waals surface area contributed by atoms with Gasteiger partial charge in [-0.1, -0.05) is 0 Å². The number of nitrogens with one attached hydrogen (secondary N) is 1. The predicted octanol–water partition coefficient (Wildman–Crippen LogP) is 2.88. The average molecular weight is 291 g/mol. The summed E-state index contributed by atoms with van der Waals surface area (Å²) in [5.74, 6) is -1.98. The Morgan fingerprint density at radius 3 is 2.67 bits per heavy atom. The molecule has 0 aliphatic rings. The molecule has 2 N–H and O–H groups in total. The van der Waals surface area contributed by atoms with Crippen LogP contribution in [0.2, 0.25) is 0 Å². The number of aromatic nitrogens is 1. The first-order valence-electron chi connectivity index (χ1n) is 5.79. The van der Waals surface area contributed by atoms with E-state index in [0.29, 0.717) is 5.56 Å². The quantitative estimate of drug-likeness (QED) is 0.662. The molecule has 2 rings (SSSR count). The lowest BCUT2D eigenvalue weighted by Gasteiger charge is -2.07. The Morgan fingerprint density at radius 2 is 2.10 bits per heavy atom. The zero-order valence-electron chi connectivity index (χ0n) is 10.8. The molecule has 0 saturated heterocycles. The molecule has 1 aromatic carbocycles. The molecule has 0 fully saturated rings. The fraction of sp³-hybridized carbons (Fsp3) is 0.0769. The molecule has 2 aromatic rings. The highest BCUT2D eigenvalue weighted by Gasteiger charge is 2.19. The summed E-state index contributed by atoms with van der Waals surface area (Å²) < 4.78 is 13.3. The first-order chi connectivity index (χ1) is 9.86. The van der Waals surface area contributed by atoms with E-state index < -0.39 is 22.4 Å². The number of nitrogens with zero attached hydrogens (tertiary/aromatic N) is 2. The first-order valence-corrected chi connectivity index (χ1v) is 5.79. The smallest absolute Gasteiger partial charge is 0.337 e. The Labute approximate surface area is 118 Å². The molecular weight excluding hydrogens is 281 g/mol. The number of carboxylic acids is 1. The molecule has 0 unspecified atom stereocenters. The van der Waals surface area contributed by atoms with Gasteiger partial charge in [0.25, 0.3) is 0 Å². The van der Waals surface area contributed by atoms with Crippen LogP contribution in [0.3, 0.4) is 0 Å². The van der Waals surface area contributed by atoms with Crippen LogP contribution in [-0.2, 0) is 0 Å². The van der Waals surface area contributed by atoms with Crippen molar-refractivity contribution < 1.29 is 19.2 Å². The van der Waals surface area contributed by atoms with E-state index in [-0.39, 0.29) is 17.1 Å². The van der Waals surface area contributed by atoms with Crippen molar-refractivity contribution in [3.8, 4) is 0 Å². The fourth-order valence-electron chi connectivity index (χ4n) is 1.75. The topological polar surface area (TPSA) is 105 Å². The lowest BCUT2D eigenvalue weighted by molar-refractivity contribution is -0.384. The van der Waals surface area contributed by atoms with E-state index in [9.17, 15) is 19.3 Å². The number of carbonyl (C=O) groups is 1. The maximum Gasteiger partial charge on any atom is 0.337 e. The summed E-state index contributed by atoms with van der Waals surface area (Å²) in [6.45, 7) is 1.67. The number of rotatable bonds is 4. The molecule has 21 heavy (non-hydrogen) atoms. The standard InChI is InChI=1S/C13H10FN3O4/c1-7-2-9(14)5-10(3-7)16-12-11(17(20)21)4-8(6-15-12)13(18)19/h2-6H,1H3,(H,15,16)(H,18,19). The van der Waals surface area contributed by atoms with Gasteiger partial charge in [-0.05, 0) is 30.7 Å². The number of halogens is 1. The molecule has 0 aliphatic heterocycles. The van der Waals surface area contributed by atoms with Crippen molar-refractivity contribution in [2.45, 2.75) is 6.92 Å². The van der Waals surface area contributed by atoms with Gasteiger partial charge in [0, 0.05) is 18.0 Å². The third-order valence-corrected chi connectivity index (χ3v) is 2.62. The molecule has 0 atom stereocenters. The summed E-state index contributed by atoms with van der Waals surface area (Å²) in [6, 6.07) is 4.94. The number of aryl methyl sites for hydroxylation is 1. The Hall–Kier alpha value is -3.03. The van der Waals surface area contributed by atoms with Gasteiger partial charge in [-0.2, -0.15) is 0 Å². The zero-order valence-corrected chi connectivity index (χ0v) is 10.8. The minimum absolute atomic E-state index is 0.157. The number of hydrogen-bond acceptors (Lipinski definition) is 5. The van der Waals surface area contributed by atoms with Gasteiger partial charge < -0.3 is 10.4 Å². The van der Waals surface area contributed by atoms with Crippen LogP contribution in [-0.4, -0.2) is 21.0 Å². The molecule has 8 heteroatoms. The van der Waals surface area contributed by atoms with Gasteiger partial charge >= 0.3 is 11.7 Å². The van der Waals surface area contributed by atoms with Gasteiger partial charge in [0.05, 0.1) is 10.5 Å². The average Bonchev–Trinajstić information content (AvgIpc) is 2.37. The van der Waals surface area contributed by atoms with E-state index >= 15 is 0 Å². The molecule has 0 saturated carbocycles. The molecular formula is C13H10FN3O4. The summed E-state index contributed by atoms with van der Waals surface area (Å²) in [4.78, 5) is 24.7. The maximum absolute atomic E-state index is 13.3. The molecule has 0 aliphatic carbocycles. The van der Waals surface area contributed by atoms with Crippen LogP contribution < -0.4 is 5.32 Å². The summed E-state index contributed by atoms with van der Waals surface area (Å²) >= 11 is 0. The van der Waals surface area contributed by atoms with Gasteiger partial charge in [0.1, 0.15) is 5.82 Å². The van der Waals surface area contributed by atoms with Crippen molar-refractivity contribution in [1.82, 2.24) is 4.98 Å². The monoisotopic (exact) mass is 291 g/mol. The third kappa shape index (κ3) is 3.30. The highest BCUT2D eigenvalue weighted by Crippen LogP contribution is 2.27. The number of aromatic carboxylic acids is 1. The second kappa shape index (κ2) is 5.53. The van der Waals surface area contributed by atoms with E-state index in [1.165, 1.54) is 6.07 Å². The van der Waals surface area contributed by atoms with Crippen LogP contribution in [0, 0.1) is 22.9 Å². The van der Waals surface area contributed by atoms with Crippen LogP contribution >= 0.6 is 0 Å². The number of pyridine rings is 1. The SMILES string of the molecule is Cc1cc(F)cc(Nc2ncc(C(=O)O)cc2[N+](=O)[O-])c1. The molecule has 108 valence electrons. The van der Waals surface area contributed by atoms with Crippen molar-refractivity contribution in [2.75, 3.05) is 5.32 Å². The van der Waals surface area contributed by atoms with Crippen molar-refractivity contribution in [3.05, 3.63) is 57.5 Å². The normalized spacial score (nSPS) is 10.2. The lowest BCUT2D eigenvalue weighted by atomic mass is 10.2. The summed E-state index contributed by atoms with van der Waals surface area (Å²) in [5, 5.41) is 22.4. The molecule has 0 amide bonds. The maximum atomic E-state index is 13.3. The minimum atomic E-state index is -1.32. The number of anilines is 2. The summed E-state index contributed by atoms with van der Waals surface area (Å²) in [7, 11) is 0. The van der Waals surface area contributed by atoms with Gasteiger partial charge in [-0.3, -0.25) is 10.1 Å². The van der Waals surface area contributed by atoms with Gasteiger partial charge in [0.15, 0.2) is 0 Å². The third-order valence-electron chi connectivity index (χ3n) is 2.62. The molecule has 0 bridgehead atoms. The Morgan fingerprint density at radius 1 is 1.38 bits per heavy atom. The number of nitro groups is 1. The van der Waals surface area contributed by atoms with Gasteiger partial charge in [-0.15, -0.1) is 0 Å². The molecule has 7 nitrogen and oxygen atoms in total. The summed E-state index contributed by atoms with van der Waals surface area (Å²) in [6.07, 6.45) is 0.990. The number of hydrogen-bond donors (Lipinski definition) is 2. The van der Waals surface area contributed by atoms with Crippen molar-refractivity contribution in [3.63, 3.8) is 0 Å². The molecule has 1 aromatic heterocycles. The minimum Gasteiger partial charge on any atom is -0.478 e.